The molecule has 0 spiro atoms. The van der Waals surface area contributed by atoms with Crippen molar-refractivity contribution in [2.24, 2.45) is 0 Å². The maximum atomic E-state index is 11.6. The molecule has 2 N–H and O–H groups in total. The summed E-state index contributed by atoms with van der Waals surface area (Å²) in [7, 11) is -0.623. The van der Waals surface area contributed by atoms with Crippen LogP contribution in [0.3, 0.4) is 0 Å². The van der Waals surface area contributed by atoms with Gasteiger partial charge in [-0.05, 0) is 51.6 Å². The quantitative estimate of drug-likeness (QED) is 0.779. The Morgan fingerprint density at radius 2 is 1.75 bits per heavy atom. The van der Waals surface area contributed by atoms with Crippen molar-refractivity contribution in [3.8, 4) is 0 Å². The first-order valence-corrected chi connectivity index (χ1v) is 6.96. The van der Waals surface area contributed by atoms with Crippen LogP contribution in [-0.4, -0.2) is 28.4 Å². The minimum atomic E-state index is -0.844. The van der Waals surface area contributed by atoms with Crippen LogP contribution in [0, 0.1) is 0 Å². The van der Waals surface area contributed by atoms with Gasteiger partial charge in [0.15, 0.2) is 0 Å². The minimum Gasteiger partial charge on any atom is -0.399 e. The van der Waals surface area contributed by atoms with Crippen molar-refractivity contribution in [3.63, 3.8) is 0 Å². The SMILES string of the molecule is CC1(C)OB(c2cc(=O)[nH]cc2C2(O)CC2)OC1(C)C. The van der Waals surface area contributed by atoms with E-state index in [1.165, 1.54) is 6.07 Å². The number of hydrogen-bond donors (Lipinski definition) is 2. The number of pyridine rings is 1. The number of aromatic nitrogens is 1. The fourth-order valence-electron chi connectivity index (χ4n) is 2.44. The summed E-state index contributed by atoms with van der Waals surface area (Å²) in [6, 6.07) is 1.47. The molecule has 2 fully saturated rings. The molecule has 1 aromatic heterocycles. The van der Waals surface area contributed by atoms with E-state index in [-0.39, 0.29) is 5.56 Å². The zero-order valence-electron chi connectivity index (χ0n) is 12.3. The van der Waals surface area contributed by atoms with E-state index in [0.717, 1.165) is 0 Å². The lowest BCUT2D eigenvalue weighted by Gasteiger charge is -2.32. The lowest BCUT2D eigenvalue weighted by Crippen LogP contribution is -2.41. The largest absolute Gasteiger partial charge is 0.495 e. The maximum absolute atomic E-state index is 11.6. The molecule has 0 radical (unpaired) electrons. The molecular weight excluding hydrogens is 257 g/mol. The second-order valence-electron chi connectivity index (χ2n) is 6.79. The van der Waals surface area contributed by atoms with Gasteiger partial charge in [-0.1, -0.05) is 0 Å². The minimum absolute atomic E-state index is 0.220. The van der Waals surface area contributed by atoms with Gasteiger partial charge in [0.1, 0.15) is 0 Å². The summed E-state index contributed by atoms with van der Waals surface area (Å²) in [5.41, 5.74) is -0.665. The molecule has 1 aliphatic carbocycles. The van der Waals surface area contributed by atoms with Crippen molar-refractivity contribution in [2.75, 3.05) is 0 Å². The molecular formula is C14H20BNO4. The highest BCUT2D eigenvalue weighted by atomic mass is 16.7. The van der Waals surface area contributed by atoms with E-state index in [0.29, 0.717) is 23.9 Å². The summed E-state index contributed by atoms with van der Waals surface area (Å²) in [5.74, 6) is 0. The van der Waals surface area contributed by atoms with E-state index < -0.39 is 23.9 Å². The summed E-state index contributed by atoms with van der Waals surface area (Å²) in [6.45, 7) is 7.86. The normalized spacial score (nSPS) is 25.8. The Hall–Kier alpha value is -1.11. The van der Waals surface area contributed by atoms with Gasteiger partial charge in [0.05, 0.1) is 16.8 Å². The van der Waals surface area contributed by atoms with E-state index in [2.05, 4.69) is 4.98 Å². The summed E-state index contributed by atoms with van der Waals surface area (Å²) in [6.07, 6.45) is 2.98. The van der Waals surface area contributed by atoms with Crippen LogP contribution in [0.5, 0.6) is 0 Å². The fourth-order valence-corrected chi connectivity index (χ4v) is 2.44. The number of H-pyrrole nitrogens is 1. The zero-order valence-corrected chi connectivity index (χ0v) is 12.3. The molecule has 0 aromatic carbocycles. The van der Waals surface area contributed by atoms with Crippen molar-refractivity contribution in [3.05, 3.63) is 28.2 Å². The molecule has 6 heteroatoms. The fraction of sp³-hybridized carbons (Fsp3) is 0.643. The highest BCUT2D eigenvalue weighted by Crippen LogP contribution is 2.45. The first kappa shape index (κ1) is 13.9. The Kier molecular flexibility index (Phi) is 2.75. The monoisotopic (exact) mass is 277 g/mol. The van der Waals surface area contributed by atoms with E-state index >= 15 is 0 Å². The molecule has 2 aliphatic rings. The van der Waals surface area contributed by atoms with Gasteiger partial charge in [-0.3, -0.25) is 4.79 Å². The molecule has 2 heterocycles. The summed E-state index contributed by atoms with van der Waals surface area (Å²) in [5, 5.41) is 10.4. The van der Waals surface area contributed by atoms with Crippen LogP contribution >= 0.6 is 0 Å². The van der Waals surface area contributed by atoms with E-state index in [1.807, 2.05) is 27.7 Å². The van der Waals surface area contributed by atoms with Crippen LogP contribution in [0.15, 0.2) is 17.1 Å². The van der Waals surface area contributed by atoms with Crippen molar-refractivity contribution in [2.45, 2.75) is 57.3 Å². The topological polar surface area (TPSA) is 71.6 Å². The Labute approximate surface area is 118 Å². The standard InChI is InChI=1S/C14H20BNO4/c1-12(2)13(3,4)20-15(19-12)10-7-11(17)16-8-9(10)14(18)5-6-14/h7-8,18H,5-6H2,1-4H3,(H,16,17). The number of rotatable bonds is 2. The third-order valence-electron chi connectivity index (χ3n) is 4.69. The highest BCUT2D eigenvalue weighted by Gasteiger charge is 2.54. The van der Waals surface area contributed by atoms with E-state index in [1.54, 1.807) is 6.20 Å². The molecule has 0 amide bonds. The molecule has 1 saturated carbocycles. The third kappa shape index (κ3) is 2.03. The lowest BCUT2D eigenvalue weighted by atomic mass is 9.75. The molecule has 1 saturated heterocycles. The Morgan fingerprint density at radius 1 is 1.20 bits per heavy atom. The number of hydrogen-bond acceptors (Lipinski definition) is 4. The van der Waals surface area contributed by atoms with Gasteiger partial charge in [-0.2, -0.15) is 0 Å². The predicted octanol–water partition coefficient (Wildman–Crippen LogP) is 0.655. The smallest absolute Gasteiger partial charge is 0.399 e. The average Bonchev–Trinajstić information content (AvgIpc) is 3.01. The Bertz CT molecular complexity index is 587. The van der Waals surface area contributed by atoms with Gasteiger partial charge >= 0.3 is 7.12 Å². The number of nitrogens with one attached hydrogen (secondary N) is 1. The van der Waals surface area contributed by atoms with Crippen LogP contribution in [0.2, 0.25) is 0 Å². The van der Waals surface area contributed by atoms with Gasteiger partial charge < -0.3 is 19.4 Å². The molecule has 108 valence electrons. The van der Waals surface area contributed by atoms with Crippen molar-refractivity contribution < 1.29 is 14.4 Å². The molecule has 1 aromatic rings. The van der Waals surface area contributed by atoms with Crippen LogP contribution in [0.1, 0.15) is 46.1 Å². The second-order valence-corrected chi connectivity index (χ2v) is 6.79. The molecule has 0 unspecified atom stereocenters. The predicted molar refractivity (Wildman–Crippen MR) is 75.9 cm³/mol. The van der Waals surface area contributed by atoms with Gasteiger partial charge in [0.25, 0.3) is 0 Å². The molecule has 0 atom stereocenters. The Balaban J connectivity index is 2.03. The summed E-state index contributed by atoms with van der Waals surface area (Å²) >= 11 is 0. The highest BCUT2D eigenvalue weighted by molar-refractivity contribution is 6.62. The average molecular weight is 277 g/mol. The molecule has 20 heavy (non-hydrogen) atoms. The van der Waals surface area contributed by atoms with Crippen molar-refractivity contribution in [1.29, 1.82) is 0 Å². The number of aromatic amines is 1. The Morgan fingerprint density at radius 3 is 2.25 bits per heavy atom. The summed E-state index contributed by atoms with van der Waals surface area (Å²) < 4.78 is 12.0. The van der Waals surface area contributed by atoms with Crippen LogP contribution < -0.4 is 11.0 Å². The maximum Gasteiger partial charge on any atom is 0.495 e. The zero-order chi connectivity index (χ0) is 14.8. The van der Waals surface area contributed by atoms with Crippen LogP contribution in [0.25, 0.3) is 0 Å². The van der Waals surface area contributed by atoms with Crippen molar-refractivity contribution in [1.82, 2.24) is 4.98 Å². The van der Waals surface area contributed by atoms with Crippen molar-refractivity contribution >= 4 is 12.6 Å². The second kappa shape index (κ2) is 3.96. The first-order chi connectivity index (χ1) is 9.15. The van der Waals surface area contributed by atoms with Gasteiger partial charge in [0, 0.05) is 12.3 Å². The van der Waals surface area contributed by atoms with Gasteiger partial charge in [-0.25, -0.2) is 0 Å². The molecule has 5 nitrogen and oxygen atoms in total. The third-order valence-corrected chi connectivity index (χ3v) is 4.69. The molecule has 0 bridgehead atoms. The molecule has 3 rings (SSSR count). The van der Waals surface area contributed by atoms with Gasteiger partial charge in [-0.15, -0.1) is 0 Å². The summed E-state index contributed by atoms with van der Waals surface area (Å²) in [4.78, 5) is 14.2. The lowest BCUT2D eigenvalue weighted by molar-refractivity contribution is 0.00578. The first-order valence-electron chi connectivity index (χ1n) is 6.96. The van der Waals surface area contributed by atoms with Crippen LogP contribution in [0.4, 0.5) is 0 Å². The van der Waals surface area contributed by atoms with Crippen LogP contribution in [-0.2, 0) is 14.9 Å². The number of aliphatic hydroxyl groups is 1. The van der Waals surface area contributed by atoms with E-state index in [9.17, 15) is 9.90 Å². The molecule has 1 aliphatic heterocycles. The van der Waals surface area contributed by atoms with Gasteiger partial charge in [0.2, 0.25) is 5.56 Å². The van der Waals surface area contributed by atoms with E-state index in [4.69, 9.17) is 9.31 Å².